The van der Waals surface area contributed by atoms with E-state index in [1.54, 1.807) is 0 Å². The van der Waals surface area contributed by atoms with Gasteiger partial charge in [0, 0.05) is 18.6 Å². The summed E-state index contributed by atoms with van der Waals surface area (Å²) in [6.07, 6.45) is 3.63. The SMILES string of the molecule is CCCOc1ccc(C(C)N(C)C2CCCNC2)cc1. The first kappa shape index (κ1) is 15.3. The molecule has 2 unspecified atom stereocenters. The molecule has 1 saturated heterocycles. The molecule has 112 valence electrons. The fourth-order valence-corrected chi connectivity index (χ4v) is 2.79. The minimum absolute atomic E-state index is 0.445. The molecule has 0 saturated carbocycles. The van der Waals surface area contributed by atoms with Crippen LogP contribution in [0, 0.1) is 0 Å². The van der Waals surface area contributed by atoms with Crippen molar-refractivity contribution < 1.29 is 4.74 Å². The second kappa shape index (κ2) is 7.65. The quantitative estimate of drug-likeness (QED) is 0.863. The third-order valence-electron chi connectivity index (χ3n) is 4.29. The predicted octanol–water partition coefficient (Wildman–Crippen LogP) is 3.22. The minimum Gasteiger partial charge on any atom is -0.494 e. The number of rotatable bonds is 6. The van der Waals surface area contributed by atoms with E-state index in [2.05, 4.69) is 55.4 Å². The first-order valence-electron chi connectivity index (χ1n) is 7.87. The van der Waals surface area contributed by atoms with Crippen LogP contribution in [-0.4, -0.2) is 37.7 Å². The maximum absolute atomic E-state index is 5.64. The lowest BCUT2D eigenvalue weighted by Crippen LogP contribution is -2.45. The first-order chi connectivity index (χ1) is 9.72. The zero-order valence-corrected chi connectivity index (χ0v) is 13.1. The summed E-state index contributed by atoms with van der Waals surface area (Å²) in [4.78, 5) is 2.49. The molecule has 0 spiro atoms. The average molecular weight is 276 g/mol. The summed E-state index contributed by atoms with van der Waals surface area (Å²) in [5, 5.41) is 3.49. The maximum Gasteiger partial charge on any atom is 0.119 e. The molecule has 3 nitrogen and oxygen atoms in total. The number of hydrogen-bond acceptors (Lipinski definition) is 3. The van der Waals surface area contributed by atoms with Crippen LogP contribution in [-0.2, 0) is 0 Å². The van der Waals surface area contributed by atoms with Crippen molar-refractivity contribution in [3.8, 4) is 5.75 Å². The Morgan fingerprint density at radius 1 is 1.35 bits per heavy atom. The van der Waals surface area contributed by atoms with Gasteiger partial charge in [0.15, 0.2) is 0 Å². The van der Waals surface area contributed by atoms with Crippen LogP contribution in [0.5, 0.6) is 5.75 Å². The third-order valence-corrected chi connectivity index (χ3v) is 4.29. The van der Waals surface area contributed by atoms with Crippen LogP contribution in [0.1, 0.15) is 44.7 Å². The van der Waals surface area contributed by atoms with Gasteiger partial charge in [-0.25, -0.2) is 0 Å². The van der Waals surface area contributed by atoms with Gasteiger partial charge < -0.3 is 10.1 Å². The summed E-state index contributed by atoms with van der Waals surface area (Å²) in [5.74, 6) is 0.977. The van der Waals surface area contributed by atoms with Gasteiger partial charge in [0.05, 0.1) is 6.61 Å². The van der Waals surface area contributed by atoms with Gasteiger partial charge in [-0.15, -0.1) is 0 Å². The number of hydrogen-bond donors (Lipinski definition) is 1. The number of likely N-dealkylation sites (N-methyl/N-ethyl adjacent to an activating group) is 1. The van der Waals surface area contributed by atoms with Crippen molar-refractivity contribution in [1.29, 1.82) is 0 Å². The molecule has 2 atom stereocenters. The lowest BCUT2D eigenvalue weighted by Gasteiger charge is -2.36. The van der Waals surface area contributed by atoms with E-state index in [4.69, 9.17) is 4.74 Å². The van der Waals surface area contributed by atoms with E-state index < -0.39 is 0 Å². The Kier molecular flexibility index (Phi) is 5.86. The lowest BCUT2D eigenvalue weighted by atomic mass is 10.0. The standard InChI is InChI=1S/C17H28N2O/c1-4-12-20-17-9-7-15(8-10-17)14(2)19(3)16-6-5-11-18-13-16/h7-10,14,16,18H,4-6,11-13H2,1-3H3. The van der Waals surface area contributed by atoms with Crippen molar-refractivity contribution in [1.82, 2.24) is 10.2 Å². The number of ether oxygens (including phenoxy) is 1. The van der Waals surface area contributed by atoms with Crippen molar-refractivity contribution in [2.45, 2.75) is 45.2 Å². The second-order valence-electron chi connectivity index (χ2n) is 5.76. The molecule has 2 rings (SSSR count). The summed E-state index contributed by atoms with van der Waals surface area (Å²) >= 11 is 0. The Morgan fingerprint density at radius 2 is 2.10 bits per heavy atom. The normalized spacial score (nSPS) is 20.9. The van der Waals surface area contributed by atoms with Gasteiger partial charge in [-0.3, -0.25) is 4.90 Å². The predicted molar refractivity (Wildman–Crippen MR) is 84.3 cm³/mol. The maximum atomic E-state index is 5.64. The molecule has 1 fully saturated rings. The number of benzene rings is 1. The zero-order valence-electron chi connectivity index (χ0n) is 13.1. The van der Waals surface area contributed by atoms with Gasteiger partial charge in [0.1, 0.15) is 5.75 Å². The van der Waals surface area contributed by atoms with Crippen LogP contribution in [0.15, 0.2) is 24.3 Å². The molecule has 1 aliphatic heterocycles. The van der Waals surface area contributed by atoms with E-state index in [1.165, 1.54) is 24.9 Å². The average Bonchev–Trinajstić information content (AvgIpc) is 2.53. The molecule has 1 aliphatic rings. The van der Waals surface area contributed by atoms with E-state index in [0.29, 0.717) is 12.1 Å². The highest BCUT2D eigenvalue weighted by Gasteiger charge is 2.22. The molecule has 1 aromatic rings. The summed E-state index contributed by atoms with van der Waals surface area (Å²) in [6.45, 7) is 7.49. The molecule has 1 aromatic carbocycles. The lowest BCUT2D eigenvalue weighted by molar-refractivity contribution is 0.156. The summed E-state index contributed by atoms with van der Waals surface area (Å²) in [6, 6.07) is 9.67. The highest BCUT2D eigenvalue weighted by atomic mass is 16.5. The zero-order chi connectivity index (χ0) is 14.4. The Bertz CT molecular complexity index is 384. The van der Waals surface area contributed by atoms with Gasteiger partial charge >= 0.3 is 0 Å². The van der Waals surface area contributed by atoms with E-state index in [-0.39, 0.29) is 0 Å². The van der Waals surface area contributed by atoms with Crippen molar-refractivity contribution in [3.63, 3.8) is 0 Å². The van der Waals surface area contributed by atoms with Gasteiger partial charge in [0.25, 0.3) is 0 Å². The van der Waals surface area contributed by atoms with Crippen LogP contribution in [0.2, 0.25) is 0 Å². The Morgan fingerprint density at radius 3 is 2.70 bits per heavy atom. The molecule has 0 amide bonds. The van der Waals surface area contributed by atoms with E-state index >= 15 is 0 Å². The topological polar surface area (TPSA) is 24.5 Å². The van der Waals surface area contributed by atoms with E-state index in [0.717, 1.165) is 25.3 Å². The molecule has 20 heavy (non-hydrogen) atoms. The number of nitrogens with zero attached hydrogens (tertiary/aromatic N) is 1. The largest absolute Gasteiger partial charge is 0.494 e. The molecule has 0 radical (unpaired) electrons. The van der Waals surface area contributed by atoms with Crippen LogP contribution < -0.4 is 10.1 Å². The fraction of sp³-hybridized carbons (Fsp3) is 0.647. The van der Waals surface area contributed by atoms with Crippen LogP contribution in [0.3, 0.4) is 0 Å². The van der Waals surface area contributed by atoms with Crippen molar-refractivity contribution in [2.75, 3.05) is 26.7 Å². The highest BCUT2D eigenvalue weighted by Crippen LogP contribution is 2.25. The Labute approximate surface area is 123 Å². The van der Waals surface area contributed by atoms with Crippen molar-refractivity contribution in [2.24, 2.45) is 0 Å². The molecule has 3 heteroatoms. The molecule has 0 aromatic heterocycles. The fourth-order valence-electron chi connectivity index (χ4n) is 2.79. The summed E-state index contributed by atoms with van der Waals surface area (Å²) < 4.78 is 5.64. The smallest absolute Gasteiger partial charge is 0.119 e. The van der Waals surface area contributed by atoms with Crippen LogP contribution >= 0.6 is 0 Å². The highest BCUT2D eigenvalue weighted by molar-refractivity contribution is 5.29. The molecule has 1 N–H and O–H groups in total. The Hall–Kier alpha value is -1.06. The summed E-state index contributed by atoms with van der Waals surface area (Å²) in [5.41, 5.74) is 1.36. The van der Waals surface area contributed by atoms with E-state index in [1.807, 2.05) is 0 Å². The van der Waals surface area contributed by atoms with Crippen molar-refractivity contribution in [3.05, 3.63) is 29.8 Å². The number of nitrogens with one attached hydrogen (secondary N) is 1. The minimum atomic E-state index is 0.445. The van der Waals surface area contributed by atoms with Crippen molar-refractivity contribution >= 4 is 0 Å². The molecular formula is C17H28N2O. The van der Waals surface area contributed by atoms with Gasteiger partial charge in [-0.2, -0.15) is 0 Å². The van der Waals surface area contributed by atoms with Gasteiger partial charge in [-0.05, 0) is 57.5 Å². The van der Waals surface area contributed by atoms with Crippen LogP contribution in [0.4, 0.5) is 0 Å². The third kappa shape index (κ3) is 3.97. The second-order valence-corrected chi connectivity index (χ2v) is 5.76. The molecule has 0 bridgehead atoms. The monoisotopic (exact) mass is 276 g/mol. The molecule has 0 aliphatic carbocycles. The molecular weight excluding hydrogens is 248 g/mol. The van der Waals surface area contributed by atoms with Crippen LogP contribution in [0.25, 0.3) is 0 Å². The van der Waals surface area contributed by atoms with Gasteiger partial charge in [-0.1, -0.05) is 19.1 Å². The number of piperidine rings is 1. The summed E-state index contributed by atoms with van der Waals surface area (Å²) in [7, 11) is 2.24. The Balaban J connectivity index is 1.95. The molecule has 1 heterocycles. The van der Waals surface area contributed by atoms with E-state index in [9.17, 15) is 0 Å². The first-order valence-corrected chi connectivity index (χ1v) is 7.87. The van der Waals surface area contributed by atoms with Gasteiger partial charge in [0.2, 0.25) is 0 Å².